The van der Waals surface area contributed by atoms with Crippen LogP contribution in [0.15, 0.2) is 17.1 Å². The molecule has 3 aliphatic heterocycles. The standard InChI is InChI=1S/C32H46F3N5O4S/c1-22-20-26(29(41)39-17-15-38(3)16-18-39)21-23(2)27(22)9-19-45(43,44)40-13-11-31(12-14-40)30(42)36-28(37-31)25-6-4-24(5-7-25)8-10-32(33,34)35/h20-21,24-25H,4-19H2,1-3H3,(H,36,37,42). The number of carbonyl (C=O) groups excluding carboxylic acids is 2. The van der Waals surface area contributed by atoms with Crippen LogP contribution in [-0.2, 0) is 21.2 Å². The van der Waals surface area contributed by atoms with Gasteiger partial charge in [0.05, 0.1) is 5.75 Å². The topological polar surface area (TPSA) is 102 Å². The highest BCUT2D eigenvalue weighted by molar-refractivity contribution is 7.89. The molecule has 0 radical (unpaired) electrons. The maximum absolute atomic E-state index is 13.4. The summed E-state index contributed by atoms with van der Waals surface area (Å²) >= 11 is 0. The van der Waals surface area contributed by atoms with Crippen molar-refractivity contribution in [2.24, 2.45) is 16.8 Å². The predicted octanol–water partition coefficient (Wildman–Crippen LogP) is 4.08. The van der Waals surface area contributed by atoms with Gasteiger partial charge in [0, 0.05) is 57.2 Å². The van der Waals surface area contributed by atoms with Gasteiger partial charge in [-0.15, -0.1) is 0 Å². The highest BCUT2D eigenvalue weighted by atomic mass is 32.2. The molecule has 0 unspecified atom stereocenters. The van der Waals surface area contributed by atoms with Gasteiger partial charge < -0.3 is 15.1 Å². The summed E-state index contributed by atoms with van der Waals surface area (Å²) in [5, 5.41) is 2.94. The summed E-state index contributed by atoms with van der Waals surface area (Å²) in [7, 11) is -1.55. The Balaban J connectivity index is 1.14. The first-order valence-electron chi connectivity index (χ1n) is 16.2. The predicted molar refractivity (Wildman–Crippen MR) is 167 cm³/mol. The number of hydrogen-bond donors (Lipinski definition) is 1. The van der Waals surface area contributed by atoms with Gasteiger partial charge in [0.1, 0.15) is 11.4 Å². The van der Waals surface area contributed by atoms with Crippen LogP contribution in [0.3, 0.4) is 0 Å². The third-order valence-corrected chi connectivity index (χ3v) is 12.2. The van der Waals surface area contributed by atoms with E-state index in [0.717, 1.165) is 29.8 Å². The lowest BCUT2D eigenvalue weighted by Gasteiger charge is -2.35. The fraction of sp³-hybridized carbons (Fsp3) is 0.719. The Morgan fingerprint density at radius 1 is 1.00 bits per heavy atom. The van der Waals surface area contributed by atoms with E-state index in [9.17, 15) is 31.2 Å². The van der Waals surface area contributed by atoms with Gasteiger partial charge in [0.2, 0.25) is 10.0 Å². The first-order chi connectivity index (χ1) is 21.2. The van der Waals surface area contributed by atoms with Crippen LogP contribution in [0.4, 0.5) is 13.2 Å². The van der Waals surface area contributed by atoms with Gasteiger partial charge in [-0.2, -0.15) is 13.2 Å². The van der Waals surface area contributed by atoms with Gasteiger partial charge in [0.25, 0.3) is 11.8 Å². The van der Waals surface area contributed by atoms with E-state index >= 15 is 0 Å². The smallest absolute Gasteiger partial charge is 0.336 e. The highest BCUT2D eigenvalue weighted by Crippen LogP contribution is 2.38. The van der Waals surface area contributed by atoms with Crippen LogP contribution in [0.25, 0.3) is 0 Å². The summed E-state index contributed by atoms with van der Waals surface area (Å²) in [6.45, 7) is 7.30. The molecule has 9 nitrogen and oxygen atoms in total. The van der Waals surface area contributed by atoms with Crippen LogP contribution >= 0.6 is 0 Å². The minimum Gasteiger partial charge on any atom is -0.336 e. The minimum atomic E-state index is -4.13. The minimum absolute atomic E-state index is 0.00565. The molecule has 2 amide bonds. The van der Waals surface area contributed by atoms with Gasteiger partial charge in [-0.05, 0) is 107 Å². The maximum atomic E-state index is 13.4. The number of rotatable bonds is 8. The molecule has 5 rings (SSSR count). The number of amides is 2. The lowest BCUT2D eigenvalue weighted by molar-refractivity contribution is -0.138. The number of amidine groups is 1. The third-order valence-electron chi connectivity index (χ3n) is 10.4. The molecule has 1 aliphatic carbocycles. The molecule has 0 bridgehead atoms. The first-order valence-corrected chi connectivity index (χ1v) is 17.8. The molecule has 3 fully saturated rings. The van der Waals surface area contributed by atoms with Crippen molar-refractivity contribution in [2.75, 3.05) is 52.1 Å². The molecule has 4 aliphatic rings. The van der Waals surface area contributed by atoms with Crippen LogP contribution in [-0.4, -0.2) is 104 Å². The number of likely N-dealkylation sites (N-methyl/N-ethyl adjacent to an activating group) is 1. The van der Waals surface area contributed by atoms with Gasteiger partial charge in [-0.3, -0.25) is 14.6 Å². The van der Waals surface area contributed by atoms with Crippen molar-refractivity contribution in [3.63, 3.8) is 0 Å². The number of halogens is 3. The normalized spacial score (nSPS) is 25.0. The van der Waals surface area contributed by atoms with Crippen molar-refractivity contribution in [3.8, 4) is 0 Å². The molecule has 0 atom stereocenters. The molecular formula is C32H46F3N5O4S. The molecule has 1 aromatic carbocycles. The number of aryl methyl sites for hydroxylation is 2. The Hall–Kier alpha value is -2.51. The van der Waals surface area contributed by atoms with E-state index in [4.69, 9.17) is 4.99 Å². The zero-order chi connectivity index (χ0) is 32.6. The van der Waals surface area contributed by atoms with Crippen molar-refractivity contribution in [3.05, 3.63) is 34.4 Å². The molecule has 1 aromatic rings. The van der Waals surface area contributed by atoms with E-state index in [1.807, 2.05) is 37.9 Å². The number of nitrogens with zero attached hydrogens (tertiary/aromatic N) is 4. The molecule has 1 saturated carbocycles. The summed E-state index contributed by atoms with van der Waals surface area (Å²) in [5.74, 6) is 0.416. The highest BCUT2D eigenvalue weighted by Gasteiger charge is 2.48. The Bertz CT molecular complexity index is 1380. The number of alkyl halides is 3. The van der Waals surface area contributed by atoms with Crippen molar-refractivity contribution in [1.82, 2.24) is 19.4 Å². The molecule has 250 valence electrons. The van der Waals surface area contributed by atoms with Crippen LogP contribution < -0.4 is 5.32 Å². The van der Waals surface area contributed by atoms with Crippen LogP contribution in [0.5, 0.6) is 0 Å². The monoisotopic (exact) mass is 653 g/mol. The molecule has 45 heavy (non-hydrogen) atoms. The van der Waals surface area contributed by atoms with Crippen LogP contribution in [0, 0.1) is 25.7 Å². The summed E-state index contributed by atoms with van der Waals surface area (Å²) in [6, 6.07) is 3.73. The molecule has 1 N–H and O–H groups in total. The van der Waals surface area contributed by atoms with Gasteiger partial charge in [-0.25, -0.2) is 12.7 Å². The number of piperazine rings is 1. The van der Waals surface area contributed by atoms with Crippen LogP contribution in [0.2, 0.25) is 0 Å². The molecule has 3 heterocycles. The van der Waals surface area contributed by atoms with E-state index in [2.05, 4.69) is 10.2 Å². The van der Waals surface area contributed by atoms with E-state index in [0.29, 0.717) is 69.4 Å². The second kappa shape index (κ2) is 13.3. The largest absolute Gasteiger partial charge is 0.389 e. The van der Waals surface area contributed by atoms with E-state index in [-0.39, 0.29) is 48.9 Å². The average molecular weight is 654 g/mol. The molecule has 13 heteroatoms. The second-order valence-corrected chi connectivity index (χ2v) is 15.6. The van der Waals surface area contributed by atoms with Gasteiger partial charge in [0.15, 0.2) is 0 Å². The number of sulfonamides is 1. The van der Waals surface area contributed by atoms with Crippen molar-refractivity contribution >= 4 is 27.7 Å². The number of carbonyl (C=O) groups is 2. The Morgan fingerprint density at radius 3 is 2.18 bits per heavy atom. The summed E-state index contributed by atoms with van der Waals surface area (Å²) in [4.78, 5) is 35.0. The SMILES string of the molecule is Cc1cc(C(=O)N2CCN(C)CC2)cc(C)c1CCS(=O)(=O)N1CCC2(CC1)N=C(C1CCC(CCC(F)(F)F)CC1)NC2=O. The lowest BCUT2D eigenvalue weighted by Crippen LogP contribution is -2.51. The van der Waals surface area contributed by atoms with Crippen molar-refractivity contribution < 1.29 is 31.2 Å². The second-order valence-electron chi connectivity index (χ2n) is 13.5. The number of piperidine rings is 1. The summed E-state index contributed by atoms with van der Waals surface area (Å²) in [5.41, 5.74) is 2.39. The Labute approximate surface area is 264 Å². The third kappa shape index (κ3) is 7.90. The van der Waals surface area contributed by atoms with Gasteiger partial charge >= 0.3 is 6.18 Å². The zero-order valence-electron chi connectivity index (χ0n) is 26.6. The lowest BCUT2D eigenvalue weighted by atomic mass is 9.79. The van der Waals surface area contributed by atoms with Gasteiger partial charge in [-0.1, -0.05) is 0 Å². The van der Waals surface area contributed by atoms with E-state index in [1.54, 1.807) is 0 Å². The quantitative estimate of drug-likeness (QED) is 0.456. The number of benzene rings is 1. The molecule has 0 aromatic heterocycles. The van der Waals surface area contributed by atoms with Crippen molar-refractivity contribution in [2.45, 2.75) is 83.4 Å². The number of nitrogens with one attached hydrogen (secondary N) is 1. The summed E-state index contributed by atoms with van der Waals surface area (Å²) < 4.78 is 66.1. The molecular weight excluding hydrogens is 607 g/mol. The maximum Gasteiger partial charge on any atom is 0.389 e. The number of hydrogen-bond acceptors (Lipinski definition) is 6. The van der Waals surface area contributed by atoms with Crippen LogP contribution in [0.1, 0.15) is 78.4 Å². The van der Waals surface area contributed by atoms with Crippen molar-refractivity contribution in [1.29, 1.82) is 0 Å². The first kappa shape index (κ1) is 33.8. The van der Waals surface area contributed by atoms with E-state index < -0.39 is 28.2 Å². The zero-order valence-corrected chi connectivity index (χ0v) is 27.4. The summed E-state index contributed by atoms with van der Waals surface area (Å²) in [6.07, 6.45) is -1.07. The average Bonchev–Trinajstić information content (AvgIpc) is 3.30. The Kier molecular flexibility index (Phi) is 10.0. The Morgan fingerprint density at radius 2 is 1.60 bits per heavy atom. The van der Waals surface area contributed by atoms with E-state index in [1.165, 1.54) is 4.31 Å². The molecule has 1 spiro atoms. The fourth-order valence-electron chi connectivity index (χ4n) is 7.36. The molecule has 2 saturated heterocycles. The number of aliphatic imine (C=N–C) groups is 1. The fourth-order valence-corrected chi connectivity index (χ4v) is 8.82.